The fourth-order valence-electron chi connectivity index (χ4n) is 3.87. The minimum Gasteiger partial charge on any atom is -0.382 e. The predicted molar refractivity (Wildman–Crippen MR) is 109 cm³/mol. The van der Waals surface area contributed by atoms with Crippen LogP contribution in [0.2, 0.25) is 0 Å². The van der Waals surface area contributed by atoms with Crippen molar-refractivity contribution in [1.29, 1.82) is 0 Å². The standard InChI is InChI=1S/C21H34N4O2/c1-3-22-21(23-11-8-13-26-4-2)25-16-19-20(17-25)27-14-12-24(19)15-18-9-6-5-7-10-18/h5-7,9-10,19-20H,3-4,8,11-17H2,1-2H3,(H,22,23). The normalized spacial score (nSPS) is 23.5. The summed E-state index contributed by atoms with van der Waals surface area (Å²) in [7, 11) is 0. The van der Waals surface area contributed by atoms with Gasteiger partial charge in [-0.3, -0.25) is 9.89 Å². The smallest absolute Gasteiger partial charge is 0.194 e. The highest BCUT2D eigenvalue weighted by atomic mass is 16.5. The minimum atomic E-state index is 0.259. The summed E-state index contributed by atoms with van der Waals surface area (Å²) in [6.07, 6.45) is 1.22. The average Bonchev–Trinajstić information content (AvgIpc) is 3.13. The van der Waals surface area contributed by atoms with Crippen LogP contribution in [0.5, 0.6) is 0 Å². The van der Waals surface area contributed by atoms with E-state index in [1.807, 2.05) is 6.92 Å². The van der Waals surface area contributed by atoms with Crippen LogP contribution in [-0.2, 0) is 16.0 Å². The van der Waals surface area contributed by atoms with Crippen molar-refractivity contribution in [3.05, 3.63) is 35.9 Å². The lowest BCUT2D eigenvalue weighted by Gasteiger charge is -2.36. The summed E-state index contributed by atoms with van der Waals surface area (Å²) in [5, 5.41) is 3.45. The Labute approximate surface area is 163 Å². The van der Waals surface area contributed by atoms with Crippen LogP contribution in [0, 0.1) is 0 Å². The van der Waals surface area contributed by atoms with Crippen molar-refractivity contribution in [2.45, 2.75) is 39.0 Å². The highest BCUT2D eigenvalue weighted by molar-refractivity contribution is 5.80. The van der Waals surface area contributed by atoms with E-state index in [0.29, 0.717) is 6.04 Å². The molecule has 150 valence electrons. The van der Waals surface area contributed by atoms with Gasteiger partial charge < -0.3 is 19.7 Å². The van der Waals surface area contributed by atoms with Crippen LogP contribution in [0.25, 0.3) is 0 Å². The first-order chi connectivity index (χ1) is 13.3. The van der Waals surface area contributed by atoms with Gasteiger partial charge in [-0.15, -0.1) is 0 Å². The van der Waals surface area contributed by atoms with Gasteiger partial charge in [0, 0.05) is 52.5 Å². The lowest BCUT2D eigenvalue weighted by Crippen LogP contribution is -2.50. The van der Waals surface area contributed by atoms with Crippen LogP contribution in [0.4, 0.5) is 0 Å². The highest BCUT2D eigenvalue weighted by Crippen LogP contribution is 2.24. The Kier molecular flexibility index (Phi) is 7.93. The molecule has 3 rings (SSSR count). The van der Waals surface area contributed by atoms with E-state index in [1.165, 1.54) is 5.56 Å². The van der Waals surface area contributed by atoms with Gasteiger partial charge in [-0.05, 0) is 25.8 Å². The van der Waals surface area contributed by atoms with E-state index in [0.717, 1.165) is 71.5 Å². The first-order valence-electron chi connectivity index (χ1n) is 10.3. The molecule has 2 saturated heterocycles. The molecule has 2 aliphatic rings. The van der Waals surface area contributed by atoms with E-state index in [2.05, 4.69) is 52.4 Å². The monoisotopic (exact) mass is 374 g/mol. The number of guanidine groups is 1. The summed E-state index contributed by atoms with van der Waals surface area (Å²) in [6.45, 7) is 12.0. The Morgan fingerprint density at radius 1 is 1.26 bits per heavy atom. The van der Waals surface area contributed by atoms with Gasteiger partial charge in [-0.1, -0.05) is 30.3 Å². The Bertz CT molecular complexity index is 581. The zero-order valence-corrected chi connectivity index (χ0v) is 16.8. The largest absolute Gasteiger partial charge is 0.382 e. The first-order valence-corrected chi connectivity index (χ1v) is 10.3. The van der Waals surface area contributed by atoms with Crippen LogP contribution in [-0.4, -0.2) is 80.4 Å². The summed E-state index contributed by atoms with van der Waals surface area (Å²) < 4.78 is 11.5. The third-order valence-electron chi connectivity index (χ3n) is 5.19. The number of benzene rings is 1. The third kappa shape index (κ3) is 5.67. The lowest BCUT2D eigenvalue weighted by molar-refractivity contribution is -0.0502. The molecule has 27 heavy (non-hydrogen) atoms. The van der Waals surface area contributed by atoms with Gasteiger partial charge in [0.25, 0.3) is 0 Å². The molecule has 2 fully saturated rings. The van der Waals surface area contributed by atoms with Crippen LogP contribution in [0.15, 0.2) is 35.3 Å². The van der Waals surface area contributed by atoms with Crippen LogP contribution >= 0.6 is 0 Å². The summed E-state index contributed by atoms with van der Waals surface area (Å²) >= 11 is 0. The number of fused-ring (bicyclic) bond motifs is 1. The molecule has 2 aliphatic heterocycles. The fourth-order valence-corrected chi connectivity index (χ4v) is 3.87. The van der Waals surface area contributed by atoms with E-state index in [4.69, 9.17) is 14.5 Å². The zero-order valence-electron chi connectivity index (χ0n) is 16.8. The van der Waals surface area contributed by atoms with E-state index < -0.39 is 0 Å². The second kappa shape index (κ2) is 10.6. The number of hydrogen-bond acceptors (Lipinski definition) is 4. The number of nitrogens with zero attached hydrogens (tertiary/aromatic N) is 3. The van der Waals surface area contributed by atoms with Crippen LogP contribution < -0.4 is 5.32 Å². The molecule has 2 atom stereocenters. The topological polar surface area (TPSA) is 49.3 Å². The molecule has 0 radical (unpaired) electrons. The first kappa shape index (κ1) is 20.1. The maximum Gasteiger partial charge on any atom is 0.194 e. The van der Waals surface area contributed by atoms with Crippen LogP contribution in [0.3, 0.4) is 0 Å². The molecule has 0 aromatic heterocycles. The van der Waals surface area contributed by atoms with Gasteiger partial charge in [0.05, 0.1) is 18.8 Å². The van der Waals surface area contributed by atoms with Gasteiger partial charge in [0.15, 0.2) is 5.96 Å². The predicted octanol–water partition coefficient (Wildman–Crippen LogP) is 1.96. The molecular weight excluding hydrogens is 340 g/mol. The lowest BCUT2D eigenvalue weighted by atomic mass is 10.1. The van der Waals surface area contributed by atoms with Crippen molar-refractivity contribution in [3.8, 4) is 0 Å². The third-order valence-corrected chi connectivity index (χ3v) is 5.19. The second-order valence-electron chi connectivity index (χ2n) is 7.12. The highest BCUT2D eigenvalue weighted by Gasteiger charge is 2.41. The number of morpholine rings is 1. The molecule has 0 bridgehead atoms. The van der Waals surface area contributed by atoms with Crippen molar-refractivity contribution in [2.24, 2.45) is 4.99 Å². The maximum atomic E-state index is 6.10. The SMILES string of the molecule is CCNC(=NCCCOCC)N1CC2OCCN(Cc3ccccc3)C2C1. The Balaban J connectivity index is 1.60. The van der Waals surface area contributed by atoms with E-state index in [-0.39, 0.29) is 6.10 Å². The molecule has 1 aromatic rings. The summed E-state index contributed by atoms with van der Waals surface area (Å²) in [4.78, 5) is 9.75. The second-order valence-corrected chi connectivity index (χ2v) is 7.12. The molecule has 2 unspecified atom stereocenters. The van der Waals surface area contributed by atoms with Crippen molar-refractivity contribution >= 4 is 5.96 Å². The average molecular weight is 375 g/mol. The molecule has 0 spiro atoms. The van der Waals surface area contributed by atoms with Crippen molar-refractivity contribution in [1.82, 2.24) is 15.1 Å². The molecule has 0 saturated carbocycles. The van der Waals surface area contributed by atoms with Crippen molar-refractivity contribution < 1.29 is 9.47 Å². The van der Waals surface area contributed by atoms with Crippen molar-refractivity contribution in [3.63, 3.8) is 0 Å². The van der Waals surface area contributed by atoms with E-state index in [9.17, 15) is 0 Å². The number of nitrogens with one attached hydrogen (secondary N) is 1. The van der Waals surface area contributed by atoms with Gasteiger partial charge >= 0.3 is 0 Å². The molecule has 6 heteroatoms. The number of rotatable bonds is 8. The Hall–Kier alpha value is -1.63. The van der Waals surface area contributed by atoms with Gasteiger partial charge in [-0.2, -0.15) is 0 Å². The summed E-state index contributed by atoms with van der Waals surface area (Å²) in [5.41, 5.74) is 1.37. The quantitative estimate of drug-likeness (QED) is 0.428. The van der Waals surface area contributed by atoms with Gasteiger partial charge in [0.1, 0.15) is 0 Å². The summed E-state index contributed by atoms with van der Waals surface area (Å²) in [5.74, 6) is 1.01. The van der Waals surface area contributed by atoms with E-state index >= 15 is 0 Å². The molecular formula is C21H34N4O2. The molecule has 0 aliphatic carbocycles. The maximum absolute atomic E-state index is 6.10. The molecule has 0 amide bonds. The number of aliphatic imine (C=N–C) groups is 1. The molecule has 6 nitrogen and oxygen atoms in total. The number of hydrogen-bond donors (Lipinski definition) is 1. The fraction of sp³-hybridized carbons (Fsp3) is 0.667. The van der Waals surface area contributed by atoms with Crippen LogP contribution in [0.1, 0.15) is 25.8 Å². The minimum absolute atomic E-state index is 0.259. The number of likely N-dealkylation sites (tertiary alicyclic amines) is 1. The Morgan fingerprint density at radius 3 is 2.89 bits per heavy atom. The van der Waals surface area contributed by atoms with Gasteiger partial charge in [0.2, 0.25) is 0 Å². The van der Waals surface area contributed by atoms with E-state index in [1.54, 1.807) is 0 Å². The summed E-state index contributed by atoms with van der Waals surface area (Å²) in [6, 6.07) is 11.2. The Morgan fingerprint density at radius 2 is 2.11 bits per heavy atom. The molecule has 2 heterocycles. The number of ether oxygens (including phenoxy) is 2. The zero-order chi connectivity index (χ0) is 18.9. The van der Waals surface area contributed by atoms with Gasteiger partial charge in [-0.25, -0.2) is 0 Å². The molecule has 1 aromatic carbocycles. The van der Waals surface area contributed by atoms with Crippen molar-refractivity contribution in [2.75, 3.05) is 52.5 Å². The molecule has 1 N–H and O–H groups in total.